The van der Waals surface area contributed by atoms with Crippen molar-refractivity contribution in [3.05, 3.63) is 89.0 Å². The molecule has 0 unspecified atom stereocenters. The zero-order valence-electron chi connectivity index (χ0n) is 14.7. The number of nitrogens with one attached hydrogen (secondary N) is 1. The zero-order chi connectivity index (χ0) is 19.8. The number of ketones is 1. The molecule has 0 aliphatic heterocycles. The van der Waals surface area contributed by atoms with Gasteiger partial charge < -0.3 is 16.2 Å². The van der Waals surface area contributed by atoms with Gasteiger partial charge in [-0.3, -0.25) is 14.4 Å². The van der Waals surface area contributed by atoms with Crippen LogP contribution in [0.5, 0.6) is 0 Å². The Morgan fingerprint density at radius 1 is 0.893 bits per heavy atom. The van der Waals surface area contributed by atoms with Crippen molar-refractivity contribution >= 4 is 23.3 Å². The van der Waals surface area contributed by atoms with Crippen molar-refractivity contribution in [1.82, 2.24) is 0 Å². The molecule has 1 atom stereocenters. The lowest BCUT2D eigenvalue weighted by molar-refractivity contribution is -0.138. The molecule has 0 saturated heterocycles. The van der Waals surface area contributed by atoms with Crippen LogP contribution in [0.3, 0.4) is 0 Å². The van der Waals surface area contributed by atoms with Gasteiger partial charge in [0, 0.05) is 16.8 Å². The summed E-state index contributed by atoms with van der Waals surface area (Å²) in [5, 5.41) is 11.8. The van der Waals surface area contributed by atoms with Gasteiger partial charge in [0.2, 0.25) is 0 Å². The molecule has 6 nitrogen and oxygen atoms in total. The summed E-state index contributed by atoms with van der Waals surface area (Å²) in [5.74, 6) is -1.79. The molecule has 4 rings (SSSR count). The van der Waals surface area contributed by atoms with Crippen LogP contribution in [-0.2, 0) is 4.79 Å². The molecule has 28 heavy (non-hydrogen) atoms. The molecule has 138 valence electrons. The van der Waals surface area contributed by atoms with E-state index in [1.807, 2.05) is 18.2 Å². The SMILES string of the molecule is N[C@H](C(=O)O)c1cccc(NC(=O)c2cccc3c2C(=O)c2ccccc2-3)c1. The van der Waals surface area contributed by atoms with Crippen molar-refractivity contribution in [3.8, 4) is 11.1 Å². The first kappa shape index (κ1) is 17.6. The molecule has 0 spiro atoms. The number of nitrogens with two attached hydrogens (primary N) is 1. The van der Waals surface area contributed by atoms with E-state index < -0.39 is 17.9 Å². The number of anilines is 1. The van der Waals surface area contributed by atoms with Crippen LogP contribution in [-0.4, -0.2) is 22.8 Å². The van der Waals surface area contributed by atoms with Gasteiger partial charge in [-0.1, -0.05) is 48.5 Å². The Bertz CT molecular complexity index is 1140. The van der Waals surface area contributed by atoms with Crippen molar-refractivity contribution in [3.63, 3.8) is 0 Å². The van der Waals surface area contributed by atoms with Crippen molar-refractivity contribution in [2.24, 2.45) is 5.73 Å². The highest BCUT2D eigenvalue weighted by molar-refractivity contribution is 6.26. The molecule has 3 aromatic carbocycles. The number of aliphatic carboxylic acids is 1. The Balaban J connectivity index is 1.68. The van der Waals surface area contributed by atoms with E-state index in [1.54, 1.807) is 42.5 Å². The van der Waals surface area contributed by atoms with Crippen LogP contribution in [0.1, 0.15) is 37.9 Å². The highest BCUT2D eigenvalue weighted by Crippen LogP contribution is 2.38. The van der Waals surface area contributed by atoms with Crippen LogP contribution >= 0.6 is 0 Å². The minimum atomic E-state index is -1.19. The maximum atomic E-state index is 12.9. The van der Waals surface area contributed by atoms with Gasteiger partial charge in [0.1, 0.15) is 6.04 Å². The van der Waals surface area contributed by atoms with Gasteiger partial charge in [-0.15, -0.1) is 0 Å². The number of hydrogen-bond acceptors (Lipinski definition) is 4. The molecule has 1 amide bonds. The largest absolute Gasteiger partial charge is 0.480 e. The van der Waals surface area contributed by atoms with Crippen LogP contribution in [0.4, 0.5) is 5.69 Å². The predicted molar refractivity (Wildman–Crippen MR) is 104 cm³/mol. The monoisotopic (exact) mass is 372 g/mol. The maximum Gasteiger partial charge on any atom is 0.325 e. The average molecular weight is 372 g/mol. The smallest absolute Gasteiger partial charge is 0.325 e. The van der Waals surface area contributed by atoms with Gasteiger partial charge in [-0.2, -0.15) is 0 Å². The Morgan fingerprint density at radius 3 is 2.32 bits per heavy atom. The fraction of sp³-hybridized carbons (Fsp3) is 0.0455. The van der Waals surface area contributed by atoms with Gasteiger partial charge in [0.15, 0.2) is 5.78 Å². The standard InChI is InChI=1S/C22H16N2O4/c23-19(22(27)28)12-5-3-6-13(11-12)24-21(26)17-10-4-9-15-14-7-1-2-8-16(14)20(25)18(15)17/h1-11,19H,23H2,(H,24,26)(H,27,28)/t19-/m0/s1. The molecule has 0 radical (unpaired) electrons. The first-order valence-corrected chi connectivity index (χ1v) is 8.64. The number of hydrogen-bond donors (Lipinski definition) is 3. The quantitative estimate of drug-likeness (QED) is 0.509. The minimum Gasteiger partial charge on any atom is -0.480 e. The molecule has 0 bridgehead atoms. The number of rotatable bonds is 4. The summed E-state index contributed by atoms with van der Waals surface area (Å²) < 4.78 is 0. The fourth-order valence-electron chi connectivity index (χ4n) is 3.41. The van der Waals surface area contributed by atoms with Gasteiger partial charge >= 0.3 is 5.97 Å². The van der Waals surface area contributed by atoms with Crippen LogP contribution in [0.25, 0.3) is 11.1 Å². The summed E-state index contributed by atoms with van der Waals surface area (Å²) in [6, 6.07) is 17.6. The first-order valence-electron chi connectivity index (χ1n) is 8.64. The van der Waals surface area contributed by atoms with E-state index >= 15 is 0 Å². The number of carboxylic acid groups (broad SMARTS) is 1. The number of carboxylic acids is 1. The van der Waals surface area contributed by atoms with E-state index in [9.17, 15) is 14.4 Å². The second-order valence-corrected chi connectivity index (χ2v) is 6.50. The lowest BCUT2D eigenvalue weighted by Gasteiger charge is -2.11. The lowest BCUT2D eigenvalue weighted by atomic mass is 10.00. The van der Waals surface area contributed by atoms with E-state index in [0.29, 0.717) is 22.4 Å². The van der Waals surface area contributed by atoms with E-state index in [0.717, 1.165) is 11.1 Å². The summed E-state index contributed by atoms with van der Waals surface area (Å²) in [4.78, 5) is 36.8. The molecule has 0 aromatic heterocycles. The second kappa shape index (κ2) is 6.75. The zero-order valence-corrected chi connectivity index (χ0v) is 14.7. The van der Waals surface area contributed by atoms with E-state index in [1.165, 1.54) is 6.07 Å². The van der Waals surface area contributed by atoms with Gasteiger partial charge in [-0.25, -0.2) is 0 Å². The Kier molecular flexibility index (Phi) is 4.25. The van der Waals surface area contributed by atoms with E-state index in [2.05, 4.69) is 5.32 Å². The topological polar surface area (TPSA) is 109 Å². The van der Waals surface area contributed by atoms with Crippen LogP contribution in [0.15, 0.2) is 66.7 Å². The number of carbonyl (C=O) groups is 3. The highest BCUT2D eigenvalue weighted by atomic mass is 16.4. The molecule has 0 heterocycles. The van der Waals surface area contributed by atoms with Crippen LogP contribution < -0.4 is 11.1 Å². The fourth-order valence-corrected chi connectivity index (χ4v) is 3.41. The summed E-state index contributed by atoms with van der Waals surface area (Å²) >= 11 is 0. The molecule has 1 aliphatic rings. The maximum absolute atomic E-state index is 12.9. The normalized spacial score (nSPS) is 12.8. The highest BCUT2D eigenvalue weighted by Gasteiger charge is 2.30. The summed E-state index contributed by atoms with van der Waals surface area (Å²) in [6.45, 7) is 0. The lowest BCUT2D eigenvalue weighted by Crippen LogP contribution is -2.21. The molecule has 6 heteroatoms. The summed E-state index contributed by atoms with van der Waals surface area (Å²) in [6.07, 6.45) is 0. The first-order chi connectivity index (χ1) is 13.5. The van der Waals surface area contributed by atoms with Crippen molar-refractivity contribution in [2.75, 3.05) is 5.32 Å². The second-order valence-electron chi connectivity index (χ2n) is 6.50. The molecule has 0 saturated carbocycles. The Morgan fingerprint density at radius 2 is 1.57 bits per heavy atom. The number of carbonyl (C=O) groups excluding carboxylic acids is 2. The summed E-state index contributed by atoms with van der Waals surface area (Å²) in [5.41, 5.74) is 9.17. The van der Waals surface area contributed by atoms with Crippen molar-refractivity contribution < 1.29 is 19.5 Å². The van der Waals surface area contributed by atoms with E-state index in [-0.39, 0.29) is 11.3 Å². The van der Waals surface area contributed by atoms with Gasteiger partial charge in [0.05, 0.1) is 5.56 Å². The predicted octanol–water partition coefficient (Wildman–Crippen LogP) is 3.23. The average Bonchev–Trinajstić information content (AvgIpc) is 3.00. The number of fused-ring (bicyclic) bond motifs is 3. The Labute approximate surface area is 160 Å². The number of benzene rings is 3. The molecule has 4 N–H and O–H groups in total. The number of amides is 1. The molecule has 0 fully saturated rings. The van der Waals surface area contributed by atoms with E-state index in [4.69, 9.17) is 10.8 Å². The van der Waals surface area contributed by atoms with Crippen molar-refractivity contribution in [2.45, 2.75) is 6.04 Å². The molecule has 3 aromatic rings. The van der Waals surface area contributed by atoms with Gasteiger partial charge in [0.25, 0.3) is 5.91 Å². The summed E-state index contributed by atoms with van der Waals surface area (Å²) in [7, 11) is 0. The third-order valence-electron chi connectivity index (χ3n) is 4.77. The van der Waals surface area contributed by atoms with Crippen LogP contribution in [0.2, 0.25) is 0 Å². The molecular weight excluding hydrogens is 356 g/mol. The minimum absolute atomic E-state index is 0.182. The third kappa shape index (κ3) is 2.86. The van der Waals surface area contributed by atoms with Gasteiger partial charge in [-0.05, 0) is 34.9 Å². The molecular formula is C22H16N2O4. The Hall–Kier alpha value is -3.77. The van der Waals surface area contributed by atoms with Crippen LogP contribution in [0, 0.1) is 0 Å². The van der Waals surface area contributed by atoms with Crippen molar-refractivity contribution in [1.29, 1.82) is 0 Å². The molecule has 1 aliphatic carbocycles. The third-order valence-corrected chi connectivity index (χ3v) is 4.77.